The van der Waals surface area contributed by atoms with Crippen LogP contribution in [0, 0.1) is 0 Å². The van der Waals surface area contributed by atoms with E-state index in [4.69, 9.17) is 5.11 Å². The molecule has 1 amide bonds. The van der Waals surface area contributed by atoms with Crippen molar-refractivity contribution in [3.05, 3.63) is 0 Å². The average Bonchev–Trinajstić information content (AvgIpc) is 2.33. The van der Waals surface area contributed by atoms with Gasteiger partial charge in [-0.1, -0.05) is 0 Å². The van der Waals surface area contributed by atoms with Crippen molar-refractivity contribution in [2.75, 3.05) is 27.2 Å². The fourth-order valence-electron chi connectivity index (χ4n) is 1.34. The molecule has 11 heavy (non-hydrogen) atoms. The molecule has 64 valence electrons. The highest BCUT2D eigenvalue weighted by Gasteiger charge is 2.26. The number of nitrogens with zero attached hydrogens (tertiary/aromatic N) is 2. The van der Waals surface area contributed by atoms with Crippen LogP contribution in [0.15, 0.2) is 0 Å². The Morgan fingerprint density at radius 2 is 2.27 bits per heavy atom. The van der Waals surface area contributed by atoms with Crippen LogP contribution >= 0.6 is 0 Å². The molecule has 1 aliphatic rings. The summed E-state index contributed by atoms with van der Waals surface area (Å²) < 4.78 is 0. The van der Waals surface area contributed by atoms with Gasteiger partial charge in [0.15, 0.2) is 0 Å². The number of amides is 1. The monoisotopic (exact) mass is 158 g/mol. The molecular weight excluding hydrogens is 144 g/mol. The Balaban J connectivity index is 2.41. The minimum Gasteiger partial charge on any atom is -0.465 e. The molecule has 1 heterocycles. The zero-order chi connectivity index (χ0) is 8.43. The van der Waals surface area contributed by atoms with Crippen LogP contribution in [-0.2, 0) is 0 Å². The predicted molar refractivity (Wildman–Crippen MR) is 41.7 cm³/mol. The number of likely N-dealkylation sites (tertiary alicyclic amines) is 1. The summed E-state index contributed by atoms with van der Waals surface area (Å²) in [6.07, 6.45) is 0.161. The molecule has 1 unspecified atom stereocenters. The van der Waals surface area contributed by atoms with Gasteiger partial charge in [-0.15, -0.1) is 0 Å². The Kier molecular flexibility index (Phi) is 2.34. The van der Waals surface area contributed by atoms with Crippen molar-refractivity contribution < 1.29 is 9.90 Å². The van der Waals surface area contributed by atoms with Gasteiger partial charge in [-0.25, -0.2) is 4.79 Å². The van der Waals surface area contributed by atoms with Gasteiger partial charge in [0, 0.05) is 19.1 Å². The van der Waals surface area contributed by atoms with Crippen molar-refractivity contribution in [3.8, 4) is 0 Å². The van der Waals surface area contributed by atoms with E-state index in [0.29, 0.717) is 19.1 Å². The van der Waals surface area contributed by atoms with Crippen LogP contribution in [0.1, 0.15) is 6.42 Å². The third-order valence-electron chi connectivity index (χ3n) is 2.16. The quantitative estimate of drug-likeness (QED) is 0.597. The molecule has 1 rings (SSSR count). The number of hydrogen-bond acceptors (Lipinski definition) is 2. The van der Waals surface area contributed by atoms with Crippen LogP contribution in [0.4, 0.5) is 4.79 Å². The first-order valence-corrected chi connectivity index (χ1v) is 3.75. The minimum absolute atomic E-state index is 0.408. The Bertz CT molecular complexity index is 159. The smallest absolute Gasteiger partial charge is 0.407 e. The van der Waals surface area contributed by atoms with Gasteiger partial charge in [0.25, 0.3) is 0 Å². The van der Waals surface area contributed by atoms with E-state index in [9.17, 15) is 4.79 Å². The second kappa shape index (κ2) is 3.09. The first-order valence-electron chi connectivity index (χ1n) is 3.75. The first kappa shape index (κ1) is 8.33. The Hall–Kier alpha value is -0.770. The number of likely N-dealkylation sites (N-methyl/N-ethyl adjacent to an activating group) is 1. The molecule has 0 radical (unpaired) electrons. The largest absolute Gasteiger partial charge is 0.465 e. The normalized spacial score (nSPS) is 24.6. The van der Waals surface area contributed by atoms with Crippen molar-refractivity contribution >= 4 is 6.09 Å². The molecular formula is C7H14N2O2. The highest BCUT2D eigenvalue weighted by molar-refractivity contribution is 5.65. The SMILES string of the molecule is CN(C)C1CCN(C(=O)O)C1. The highest BCUT2D eigenvalue weighted by Crippen LogP contribution is 2.12. The van der Waals surface area contributed by atoms with Gasteiger partial charge >= 0.3 is 6.09 Å². The lowest BCUT2D eigenvalue weighted by Gasteiger charge is -2.18. The van der Waals surface area contributed by atoms with Crippen molar-refractivity contribution in [3.63, 3.8) is 0 Å². The van der Waals surface area contributed by atoms with Gasteiger partial charge in [-0.3, -0.25) is 0 Å². The van der Waals surface area contributed by atoms with Crippen LogP contribution in [-0.4, -0.2) is 54.2 Å². The molecule has 4 nitrogen and oxygen atoms in total. The molecule has 1 fully saturated rings. The zero-order valence-corrected chi connectivity index (χ0v) is 6.95. The van der Waals surface area contributed by atoms with E-state index in [-0.39, 0.29) is 0 Å². The molecule has 0 aliphatic carbocycles. The summed E-state index contributed by atoms with van der Waals surface area (Å²) in [6.45, 7) is 1.33. The summed E-state index contributed by atoms with van der Waals surface area (Å²) in [5.74, 6) is 0. The van der Waals surface area contributed by atoms with E-state index in [1.165, 1.54) is 4.90 Å². The molecule has 1 N–H and O–H groups in total. The molecule has 0 bridgehead atoms. The van der Waals surface area contributed by atoms with E-state index in [1.54, 1.807) is 0 Å². The van der Waals surface area contributed by atoms with E-state index < -0.39 is 6.09 Å². The van der Waals surface area contributed by atoms with Crippen LogP contribution in [0.25, 0.3) is 0 Å². The summed E-state index contributed by atoms with van der Waals surface area (Å²) in [5.41, 5.74) is 0. The van der Waals surface area contributed by atoms with Gasteiger partial charge in [0.05, 0.1) is 0 Å². The minimum atomic E-state index is -0.797. The van der Waals surface area contributed by atoms with E-state index >= 15 is 0 Å². The Morgan fingerprint density at radius 3 is 2.55 bits per heavy atom. The second-order valence-corrected chi connectivity index (χ2v) is 3.13. The highest BCUT2D eigenvalue weighted by atomic mass is 16.4. The van der Waals surface area contributed by atoms with Crippen molar-refractivity contribution in [1.82, 2.24) is 9.80 Å². The maximum Gasteiger partial charge on any atom is 0.407 e. The van der Waals surface area contributed by atoms with Gasteiger partial charge < -0.3 is 14.9 Å². The fraction of sp³-hybridized carbons (Fsp3) is 0.857. The molecule has 0 aromatic heterocycles. The number of carboxylic acid groups (broad SMARTS) is 1. The summed E-state index contributed by atoms with van der Waals surface area (Å²) in [6, 6.07) is 0.408. The lowest BCUT2D eigenvalue weighted by molar-refractivity contribution is 0.152. The van der Waals surface area contributed by atoms with Gasteiger partial charge in [0.2, 0.25) is 0 Å². The molecule has 1 aliphatic heterocycles. The third kappa shape index (κ3) is 1.83. The summed E-state index contributed by atoms with van der Waals surface area (Å²) in [5, 5.41) is 8.62. The lowest BCUT2D eigenvalue weighted by Crippen LogP contribution is -2.33. The fourth-order valence-corrected chi connectivity index (χ4v) is 1.34. The second-order valence-electron chi connectivity index (χ2n) is 3.13. The van der Waals surface area contributed by atoms with Crippen LogP contribution in [0.2, 0.25) is 0 Å². The maximum absolute atomic E-state index is 10.5. The number of rotatable bonds is 1. The third-order valence-corrected chi connectivity index (χ3v) is 2.16. The van der Waals surface area contributed by atoms with Crippen LogP contribution in [0.3, 0.4) is 0 Å². The molecule has 4 heteroatoms. The lowest BCUT2D eigenvalue weighted by atomic mass is 10.2. The average molecular weight is 158 g/mol. The topological polar surface area (TPSA) is 43.8 Å². The standard InChI is InChI=1S/C7H14N2O2/c1-8(2)6-3-4-9(5-6)7(10)11/h6H,3-5H2,1-2H3,(H,10,11). The molecule has 0 aromatic rings. The Labute approximate surface area is 66.4 Å². The van der Waals surface area contributed by atoms with Gasteiger partial charge in [0.1, 0.15) is 0 Å². The summed E-state index contributed by atoms with van der Waals surface area (Å²) in [4.78, 5) is 14.0. The van der Waals surface area contributed by atoms with Crippen molar-refractivity contribution in [2.45, 2.75) is 12.5 Å². The molecule has 0 aromatic carbocycles. The van der Waals surface area contributed by atoms with Gasteiger partial charge in [-0.05, 0) is 20.5 Å². The van der Waals surface area contributed by atoms with Gasteiger partial charge in [-0.2, -0.15) is 0 Å². The van der Waals surface area contributed by atoms with E-state index in [0.717, 1.165) is 6.42 Å². The summed E-state index contributed by atoms with van der Waals surface area (Å²) in [7, 11) is 3.96. The molecule has 0 spiro atoms. The van der Waals surface area contributed by atoms with Crippen molar-refractivity contribution in [2.24, 2.45) is 0 Å². The first-order chi connectivity index (χ1) is 5.11. The number of hydrogen-bond donors (Lipinski definition) is 1. The van der Waals surface area contributed by atoms with Crippen LogP contribution in [0.5, 0.6) is 0 Å². The Morgan fingerprint density at radius 1 is 1.64 bits per heavy atom. The van der Waals surface area contributed by atoms with Crippen LogP contribution < -0.4 is 0 Å². The summed E-state index contributed by atoms with van der Waals surface area (Å²) >= 11 is 0. The molecule has 0 saturated carbocycles. The zero-order valence-electron chi connectivity index (χ0n) is 6.95. The van der Waals surface area contributed by atoms with Crippen molar-refractivity contribution in [1.29, 1.82) is 0 Å². The molecule has 1 saturated heterocycles. The molecule has 1 atom stereocenters. The number of carbonyl (C=O) groups is 1. The predicted octanol–water partition coefficient (Wildman–Crippen LogP) is 0.300. The maximum atomic E-state index is 10.5. The van der Waals surface area contributed by atoms with E-state index in [1.807, 2.05) is 14.1 Å². The van der Waals surface area contributed by atoms with E-state index in [2.05, 4.69) is 4.90 Å².